The van der Waals surface area contributed by atoms with Gasteiger partial charge in [0.25, 0.3) is 5.91 Å². The normalized spacial score (nSPS) is 15.5. The van der Waals surface area contributed by atoms with Crippen molar-refractivity contribution >= 4 is 5.91 Å². The van der Waals surface area contributed by atoms with Crippen LogP contribution in [0.5, 0.6) is 0 Å². The first-order chi connectivity index (χ1) is 9.34. The van der Waals surface area contributed by atoms with E-state index in [0.29, 0.717) is 5.69 Å². The Hall–Kier alpha value is -2.10. The number of aromatic nitrogens is 2. The maximum Gasteiger partial charge on any atom is 0.271 e. The van der Waals surface area contributed by atoms with Gasteiger partial charge in [-0.1, -0.05) is 30.3 Å². The molecular weight excluding hydrogens is 238 g/mol. The largest absolute Gasteiger partial charge is 0.337 e. The van der Waals surface area contributed by atoms with Gasteiger partial charge in [0.2, 0.25) is 0 Å². The molecule has 3 rings (SSSR count). The third kappa shape index (κ3) is 2.52. The fraction of sp³-hybridized carbons (Fsp3) is 0.333. The molecule has 0 aliphatic carbocycles. The average molecular weight is 255 g/mol. The molecule has 1 aromatic carbocycles. The Balaban J connectivity index is 1.79. The molecule has 1 N–H and O–H groups in total. The number of H-pyrrole nitrogens is 1. The topological polar surface area (TPSA) is 49.0 Å². The lowest BCUT2D eigenvalue weighted by Crippen LogP contribution is -2.35. The van der Waals surface area contributed by atoms with Crippen LogP contribution < -0.4 is 0 Å². The van der Waals surface area contributed by atoms with E-state index >= 15 is 0 Å². The van der Waals surface area contributed by atoms with Crippen LogP contribution in [0.1, 0.15) is 29.8 Å². The van der Waals surface area contributed by atoms with Crippen molar-refractivity contribution in [3.63, 3.8) is 0 Å². The highest BCUT2D eigenvalue weighted by atomic mass is 16.2. The predicted molar refractivity (Wildman–Crippen MR) is 73.8 cm³/mol. The molecule has 1 saturated heterocycles. The van der Waals surface area contributed by atoms with Crippen molar-refractivity contribution in [1.29, 1.82) is 0 Å². The standard InChI is InChI=1S/C15H17N3O/c19-15(18-9-5-2-6-10-18)13-11-16-14(17-13)12-7-3-1-4-8-12/h1,3-4,7-8,11H,2,5-6,9-10H2,(H,16,17). The van der Waals surface area contributed by atoms with E-state index in [9.17, 15) is 4.79 Å². The van der Waals surface area contributed by atoms with Crippen LogP contribution in [0.2, 0.25) is 0 Å². The number of carbonyl (C=O) groups is 1. The summed E-state index contributed by atoms with van der Waals surface area (Å²) < 4.78 is 0. The zero-order valence-electron chi connectivity index (χ0n) is 10.8. The fourth-order valence-electron chi connectivity index (χ4n) is 2.44. The van der Waals surface area contributed by atoms with E-state index in [1.165, 1.54) is 6.42 Å². The minimum absolute atomic E-state index is 0.0642. The molecule has 1 amide bonds. The lowest BCUT2D eigenvalue weighted by Gasteiger charge is -2.25. The van der Waals surface area contributed by atoms with Gasteiger partial charge in [0.15, 0.2) is 0 Å². The van der Waals surface area contributed by atoms with Crippen molar-refractivity contribution in [3.05, 3.63) is 42.2 Å². The molecular formula is C15H17N3O. The summed E-state index contributed by atoms with van der Waals surface area (Å²) in [5, 5.41) is 0. The van der Waals surface area contributed by atoms with Gasteiger partial charge < -0.3 is 9.88 Å². The smallest absolute Gasteiger partial charge is 0.271 e. The van der Waals surface area contributed by atoms with E-state index in [4.69, 9.17) is 0 Å². The first kappa shape index (κ1) is 12.0. The maximum atomic E-state index is 12.3. The van der Waals surface area contributed by atoms with E-state index in [1.54, 1.807) is 6.20 Å². The summed E-state index contributed by atoms with van der Waals surface area (Å²) in [6.45, 7) is 1.72. The van der Waals surface area contributed by atoms with Gasteiger partial charge in [-0.3, -0.25) is 4.79 Å². The Labute approximate surface area is 112 Å². The summed E-state index contributed by atoms with van der Waals surface area (Å²) >= 11 is 0. The van der Waals surface area contributed by atoms with E-state index < -0.39 is 0 Å². The number of carbonyl (C=O) groups excluding carboxylic acids is 1. The molecule has 0 radical (unpaired) electrons. The van der Waals surface area contributed by atoms with Crippen molar-refractivity contribution in [2.45, 2.75) is 19.3 Å². The summed E-state index contributed by atoms with van der Waals surface area (Å²) in [6.07, 6.45) is 5.07. The second kappa shape index (κ2) is 5.26. The number of rotatable bonds is 2. The van der Waals surface area contributed by atoms with Crippen LogP contribution >= 0.6 is 0 Å². The molecule has 19 heavy (non-hydrogen) atoms. The van der Waals surface area contributed by atoms with Gasteiger partial charge in [0, 0.05) is 18.7 Å². The Morgan fingerprint density at radius 1 is 1.11 bits per heavy atom. The number of imidazole rings is 1. The molecule has 1 aliphatic heterocycles. The monoisotopic (exact) mass is 255 g/mol. The minimum Gasteiger partial charge on any atom is -0.337 e. The number of nitrogens with one attached hydrogen (secondary N) is 1. The molecule has 1 aliphatic rings. The third-order valence-corrected chi connectivity index (χ3v) is 3.50. The highest BCUT2D eigenvalue weighted by molar-refractivity contribution is 5.92. The molecule has 1 aromatic heterocycles. The number of aromatic amines is 1. The molecule has 4 nitrogen and oxygen atoms in total. The lowest BCUT2D eigenvalue weighted by atomic mass is 10.1. The van der Waals surface area contributed by atoms with Crippen LogP contribution in [0.4, 0.5) is 0 Å². The molecule has 0 unspecified atom stereocenters. The SMILES string of the molecule is O=C(c1cnc(-c2ccccc2)[nH]1)N1CCCCC1. The van der Waals surface area contributed by atoms with E-state index in [1.807, 2.05) is 35.2 Å². The van der Waals surface area contributed by atoms with Crippen LogP contribution in [0.15, 0.2) is 36.5 Å². The van der Waals surface area contributed by atoms with Crippen molar-refractivity contribution in [2.24, 2.45) is 0 Å². The number of hydrogen-bond acceptors (Lipinski definition) is 2. The highest BCUT2D eigenvalue weighted by Crippen LogP contribution is 2.17. The first-order valence-corrected chi connectivity index (χ1v) is 6.74. The quantitative estimate of drug-likeness (QED) is 0.897. The number of nitrogens with zero attached hydrogens (tertiary/aromatic N) is 2. The minimum atomic E-state index is 0.0642. The third-order valence-electron chi connectivity index (χ3n) is 3.50. The van der Waals surface area contributed by atoms with Gasteiger partial charge >= 0.3 is 0 Å². The van der Waals surface area contributed by atoms with Crippen LogP contribution in [0.25, 0.3) is 11.4 Å². The van der Waals surface area contributed by atoms with Crippen molar-refractivity contribution in [1.82, 2.24) is 14.9 Å². The van der Waals surface area contributed by atoms with Gasteiger partial charge in [-0.2, -0.15) is 0 Å². The Morgan fingerprint density at radius 3 is 2.58 bits per heavy atom. The van der Waals surface area contributed by atoms with Crippen LogP contribution in [0.3, 0.4) is 0 Å². The molecule has 0 atom stereocenters. The summed E-state index contributed by atoms with van der Waals surface area (Å²) in [6, 6.07) is 9.85. The zero-order chi connectivity index (χ0) is 13.1. The number of hydrogen-bond donors (Lipinski definition) is 1. The van der Waals surface area contributed by atoms with Crippen molar-refractivity contribution < 1.29 is 4.79 Å². The summed E-state index contributed by atoms with van der Waals surface area (Å²) in [4.78, 5) is 21.6. The molecule has 98 valence electrons. The summed E-state index contributed by atoms with van der Waals surface area (Å²) in [5.41, 5.74) is 1.58. The van der Waals surface area contributed by atoms with E-state index in [2.05, 4.69) is 9.97 Å². The van der Waals surface area contributed by atoms with Crippen LogP contribution in [-0.2, 0) is 0 Å². The first-order valence-electron chi connectivity index (χ1n) is 6.74. The average Bonchev–Trinajstić information content (AvgIpc) is 2.98. The second-order valence-corrected chi connectivity index (χ2v) is 4.86. The predicted octanol–water partition coefficient (Wildman–Crippen LogP) is 2.70. The van der Waals surface area contributed by atoms with Crippen LogP contribution in [-0.4, -0.2) is 33.9 Å². The van der Waals surface area contributed by atoms with Gasteiger partial charge in [0.05, 0.1) is 6.20 Å². The number of amides is 1. The Kier molecular flexibility index (Phi) is 3.31. The second-order valence-electron chi connectivity index (χ2n) is 4.86. The summed E-state index contributed by atoms with van der Waals surface area (Å²) in [5.74, 6) is 0.815. The molecule has 2 heterocycles. The van der Waals surface area contributed by atoms with E-state index in [0.717, 1.165) is 37.3 Å². The van der Waals surface area contributed by atoms with Gasteiger partial charge in [0.1, 0.15) is 11.5 Å². The van der Waals surface area contributed by atoms with Crippen molar-refractivity contribution in [2.75, 3.05) is 13.1 Å². The Bertz CT molecular complexity index is 556. The van der Waals surface area contributed by atoms with Gasteiger partial charge in [-0.25, -0.2) is 4.98 Å². The molecule has 0 spiro atoms. The zero-order valence-corrected chi connectivity index (χ0v) is 10.8. The molecule has 0 saturated carbocycles. The Morgan fingerprint density at radius 2 is 1.84 bits per heavy atom. The molecule has 2 aromatic rings. The maximum absolute atomic E-state index is 12.3. The molecule has 4 heteroatoms. The highest BCUT2D eigenvalue weighted by Gasteiger charge is 2.20. The number of likely N-dealkylation sites (tertiary alicyclic amines) is 1. The van der Waals surface area contributed by atoms with Crippen LogP contribution in [0, 0.1) is 0 Å². The van der Waals surface area contributed by atoms with Gasteiger partial charge in [-0.15, -0.1) is 0 Å². The summed E-state index contributed by atoms with van der Waals surface area (Å²) in [7, 11) is 0. The fourth-order valence-corrected chi connectivity index (χ4v) is 2.44. The molecule has 1 fully saturated rings. The van der Waals surface area contributed by atoms with Gasteiger partial charge in [-0.05, 0) is 19.3 Å². The van der Waals surface area contributed by atoms with Crippen molar-refractivity contribution in [3.8, 4) is 11.4 Å². The molecule has 0 bridgehead atoms. The number of piperidine rings is 1. The van der Waals surface area contributed by atoms with E-state index in [-0.39, 0.29) is 5.91 Å². The number of benzene rings is 1. The lowest BCUT2D eigenvalue weighted by molar-refractivity contribution is 0.0719.